The van der Waals surface area contributed by atoms with Crippen molar-refractivity contribution in [2.45, 2.75) is 32.9 Å². The van der Waals surface area contributed by atoms with Gasteiger partial charge in [-0.25, -0.2) is 4.98 Å². The summed E-state index contributed by atoms with van der Waals surface area (Å²) >= 11 is 0. The van der Waals surface area contributed by atoms with Gasteiger partial charge in [0.2, 0.25) is 5.88 Å². The average molecular weight is 194 g/mol. The van der Waals surface area contributed by atoms with E-state index in [1.54, 1.807) is 7.11 Å². The van der Waals surface area contributed by atoms with Gasteiger partial charge >= 0.3 is 0 Å². The summed E-state index contributed by atoms with van der Waals surface area (Å²) in [5.41, 5.74) is 1.19. The third kappa shape index (κ3) is 3.34. The second-order valence-corrected chi connectivity index (χ2v) is 3.40. The third-order valence-corrected chi connectivity index (χ3v) is 2.27. The fraction of sp³-hybridized carbons (Fsp3) is 0.545. The van der Waals surface area contributed by atoms with Crippen molar-refractivity contribution in [1.29, 1.82) is 0 Å². The van der Waals surface area contributed by atoms with Crippen LogP contribution in [-0.4, -0.2) is 18.1 Å². The molecule has 0 radical (unpaired) electrons. The molecule has 1 rings (SSSR count). The number of pyridine rings is 1. The van der Waals surface area contributed by atoms with Crippen molar-refractivity contribution in [2.24, 2.45) is 0 Å². The summed E-state index contributed by atoms with van der Waals surface area (Å²) in [5, 5.41) is 3.41. The van der Waals surface area contributed by atoms with E-state index in [0.29, 0.717) is 11.9 Å². The number of nitrogens with zero attached hydrogens (tertiary/aromatic N) is 1. The number of hydrogen-bond donors (Lipinski definition) is 1. The number of rotatable bonds is 5. The lowest BCUT2D eigenvalue weighted by molar-refractivity contribution is 0.397. The maximum absolute atomic E-state index is 4.98. The minimum atomic E-state index is 0.553. The first-order valence-corrected chi connectivity index (χ1v) is 4.98. The Hall–Kier alpha value is -1.09. The molecule has 0 aliphatic rings. The Kier molecular flexibility index (Phi) is 4.40. The normalized spacial score (nSPS) is 12.5. The van der Waals surface area contributed by atoms with Crippen LogP contribution in [0.3, 0.4) is 0 Å². The molecular formula is C11H18N2O. The van der Waals surface area contributed by atoms with Gasteiger partial charge < -0.3 is 10.1 Å². The van der Waals surface area contributed by atoms with Crippen molar-refractivity contribution in [3.05, 3.63) is 23.9 Å². The van der Waals surface area contributed by atoms with Gasteiger partial charge in [-0.2, -0.15) is 0 Å². The first-order chi connectivity index (χ1) is 6.76. The molecule has 14 heavy (non-hydrogen) atoms. The van der Waals surface area contributed by atoms with Crippen molar-refractivity contribution >= 4 is 0 Å². The molecule has 0 aliphatic heterocycles. The summed E-state index contributed by atoms with van der Waals surface area (Å²) in [5.74, 6) is 0.664. The van der Waals surface area contributed by atoms with Crippen LogP contribution < -0.4 is 10.1 Å². The van der Waals surface area contributed by atoms with Crippen LogP contribution in [0.15, 0.2) is 18.3 Å². The Morgan fingerprint density at radius 1 is 1.50 bits per heavy atom. The van der Waals surface area contributed by atoms with Gasteiger partial charge in [-0.3, -0.25) is 0 Å². The molecule has 78 valence electrons. The second kappa shape index (κ2) is 5.60. The van der Waals surface area contributed by atoms with Gasteiger partial charge in [-0.15, -0.1) is 0 Å². The molecule has 3 heteroatoms. The standard InChI is InChI=1S/C11H18N2O/c1-4-9(2)12-7-10-5-6-11(14-3)13-8-10/h5-6,8-9,12H,4,7H2,1-3H3. The van der Waals surface area contributed by atoms with Gasteiger partial charge in [0.15, 0.2) is 0 Å². The van der Waals surface area contributed by atoms with Gasteiger partial charge in [-0.1, -0.05) is 13.0 Å². The molecule has 0 saturated carbocycles. The maximum atomic E-state index is 4.98. The first kappa shape index (κ1) is 11.0. The predicted molar refractivity (Wildman–Crippen MR) is 57.4 cm³/mol. The van der Waals surface area contributed by atoms with Crippen LogP contribution in [0, 0.1) is 0 Å². The van der Waals surface area contributed by atoms with Crippen molar-refractivity contribution in [3.63, 3.8) is 0 Å². The fourth-order valence-corrected chi connectivity index (χ4v) is 1.07. The van der Waals surface area contributed by atoms with E-state index in [0.717, 1.165) is 13.0 Å². The van der Waals surface area contributed by atoms with E-state index in [1.807, 2.05) is 18.3 Å². The molecule has 1 aromatic rings. The highest BCUT2D eigenvalue weighted by Crippen LogP contribution is 2.06. The van der Waals surface area contributed by atoms with E-state index in [2.05, 4.69) is 24.1 Å². The van der Waals surface area contributed by atoms with Crippen LogP contribution >= 0.6 is 0 Å². The Morgan fingerprint density at radius 3 is 2.79 bits per heavy atom. The van der Waals surface area contributed by atoms with Gasteiger partial charge in [-0.05, 0) is 18.9 Å². The smallest absolute Gasteiger partial charge is 0.212 e. The van der Waals surface area contributed by atoms with E-state index in [9.17, 15) is 0 Å². The van der Waals surface area contributed by atoms with Crippen LogP contribution in [0.2, 0.25) is 0 Å². The van der Waals surface area contributed by atoms with Crippen LogP contribution in [-0.2, 0) is 6.54 Å². The van der Waals surface area contributed by atoms with Crippen LogP contribution in [0.5, 0.6) is 5.88 Å². The Bertz CT molecular complexity index is 258. The topological polar surface area (TPSA) is 34.1 Å². The Morgan fingerprint density at radius 2 is 2.29 bits per heavy atom. The second-order valence-electron chi connectivity index (χ2n) is 3.40. The van der Waals surface area contributed by atoms with Crippen molar-refractivity contribution in [3.8, 4) is 5.88 Å². The Balaban J connectivity index is 2.43. The van der Waals surface area contributed by atoms with Gasteiger partial charge in [0.25, 0.3) is 0 Å². The molecule has 0 aromatic carbocycles. The molecule has 0 aliphatic carbocycles. The SMILES string of the molecule is CCC(C)NCc1ccc(OC)nc1. The zero-order chi connectivity index (χ0) is 10.4. The maximum Gasteiger partial charge on any atom is 0.212 e. The molecule has 1 aromatic heterocycles. The monoisotopic (exact) mass is 194 g/mol. The van der Waals surface area contributed by atoms with E-state index < -0.39 is 0 Å². The summed E-state index contributed by atoms with van der Waals surface area (Å²) in [6.45, 7) is 5.22. The third-order valence-electron chi connectivity index (χ3n) is 2.27. The quantitative estimate of drug-likeness (QED) is 0.778. The molecule has 0 fully saturated rings. The van der Waals surface area contributed by atoms with E-state index in [1.165, 1.54) is 5.56 Å². The highest BCUT2D eigenvalue weighted by molar-refractivity contribution is 5.17. The van der Waals surface area contributed by atoms with Gasteiger partial charge in [0.1, 0.15) is 0 Å². The van der Waals surface area contributed by atoms with E-state index in [4.69, 9.17) is 4.74 Å². The lowest BCUT2D eigenvalue weighted by Crippen LogP contribution is -2.24. The minimum absolute atomic E-state index is 0.553. The zero-order valence-electron chi connectivity index (χ0n) is 9.08. The first-order valence-electron chi connectivity index (χ1n) is 4.98. The summed E-state index contributed by atoms with van der Waals surface area (Å²) in [7, 11) is 1.62. The fourth-order valence-electron chi connectivity index (χ4n) is 1.07. The predicted octanol–water partition coefficient (Wildman–Crippen LogP) is 1.98. The summed E-state index contributed by atoms with van der Waals surface area (Å²) in [4.78, 5) is 4.14. The molecular weight excluding hydrogens is 176 g/mol. The molecule has 0 amide bonds. The summed E-state index contributed by atoms with van der Waals surface area (Å²) in [6.07, 6.45) is 2.98. The highest BCUT2D eigenvalue weighted by Gasteiger charge is 1.98. The van der Waals surface area contributed by atoms with Gasteiger partial charge in [0.05, 0.1) is 7.11 Å². The highest BCUT2D eigenvalue weighted by atomic mass is 16.5. The number of nitrogens with one attached hydrogen (secondary N) is 1. The lowest BCUT2D eigenvalue weighted by atomic mass is 10.2. The summed E-state index contributed by atoms with van der Waals surface area (Å²) in [6, 6.07) is 4.46. The van der Waals surface area contributed by atoms with Crippen LogP contribution in [0.1, 0.15) is 25.8 Å². The molecule has 1 N–H and O–H groups in total. The van der Waals surface area contributed by atoms with Crippen LogP contribution in [0.4, 0.5) is 0 Å². The zero-order valence-corrected chi connectivity index (χ0v) is 9.08. The number of methoxy groups -OCH3 is 1. The minimum Gasteiger partial charge on any atom is -0.481 e. The van der Waals surface area contributed by atoms with Crippen molar-refractivity contribution < 1.29 is 4.74 Å². The molecule has 3 nitrogen and oxygen atoms in total. The Labute approximate surface area is 85.5 Å². The molecule has 1 atom stereocenters. The molecule has 0 saturated heterocycles. The van der Waals surface area contributed by atoms with E-state index >= 15 is 0 Å². The summed E-state index contributed by atoms with van der Waals surface area (Å²) < 4.78 is 4.98. The van der Waals surface area contributed by atoms with Crippen LogP contribution in [0.25, 0.3) is 0 Å². The van der Waals surface area contributed by atoms with Crippen molar-refractivity contribution in [2.75, 3.05) is 7.11 Å². The number of ether oxygens (including phenoxy) is 1. The van der Waals surface area contributed by atoms with E-state index in [-0.39, 0.29) is 0 Å². The average Bonchev–Trinajstić information content (AvgIpc) is 2.26. The molecule has 1 unspecified atom stereocenters. The molecule has 0 bridgehead atoms. The van der Waals surface area contributed by atoms with Gasteiger partial charge in [0, 0.05) is 24.8 Å². The molecule has 1 heterocycles. The number of hydrogen-bond acceptors (Lipinski definition) is 3. The van der Waals surface area contributed by atoms with Crippen molar-refractivity contribution in [1.82, 2.24) is 10.3 Å². The lowest BCUT2D eigenvalue weighted by Gasteiger charge is -2.10. The number of aromatic nitrogens is 1. The largest absolute Gasteiger partial charge is 0.481 e. The molecule has 0 spiro atoms.